The van der Waals surface area contributed by atoms with Crippen molar-refractivity contribution < 1.29 is 18.0 Å². The summed E-state index contributed by atoms with van der Waals surface area (Å²) in [6.45, 7) is 8.18. The number of carbonyl (C=O) groups excluding carboxylic acids is 2. The molecule has 11 heteroatoms. The van der Waals surface area contributed by atoms with Crippen LogP contribution < -0.4 is 9.62 Å². The Balaban J connectivity index is 2.49. The smallest absolute Gasteiger partial charge is 0.244 e. The summed E-state index contributed by atoms with van der Waals surface area (Å²) in [6.07, 6.45) is 1.01. The van der Waals surface area contributed by atoms with Crippen LogP contribution in [0.2, 0.25) is 15.1 Å². The highest BCUT2D eigenvalue weighted by molar-refractivity contribution is 7.92. The number of benzene rings is 2. The third-order valence-electron chi connectivity index (χ3n) is 5.21. The first kappa shape index (κ1) is 29.2. The molecule has 1 unspecified atom stereocenters. The SMILES string of the molecule is Cc1c(Cl)cccc1N(CC(=O)N(Cc1ccc(Cl)cc1Cl)C(C)C(=O)NC(C)(C)C)S(C)(=O)=O. The average Bonchev–Trinajstić information content (AvgIpc) is 2.71. The van der Waals surface area contributed by atoms with E-state index in [-0.39, 0.29) is 18.1 Å². The minimum Gasteiger partial charge on any atom is -0.350 e. The van der Waals surface area contributed by atoms with Crippen LogP contribution in [0.3, 0.4) is 0 Å². The zero-order valence-electron chi connectivity index (χ0n) is 20.5. The van der Waals surface area contributed by atoms with Gasteiger partial charge in [0.25, 0.3) is 0 Å². The van der Waals surface area contributed by atoms with Gasteiger partial charge in [-0.3, -0.25) is 13.9 Å². The molecule has 0 saturated heterocycles. The van der Waals surface area contributed by atoms with Gasteiger partial charge in [-0.25, -0.2) is 8.42 Å². The number of carbonyl (C=O) groups is 2. The van der Waals surface area contributed by atoms with E-state index < -0.39 is 34.1 Å². The molecule has 2 amide bonds. The van der Waals surface area contributed by atoms with E-state index in [0.29, 0.717) is 26.2 Å². The van der Waals surface area contributed by atoms with E-state index >= 15 is 0 Å². The maximum atomic E-state index is 13.6. The van der Waals surface area contributed by atoms with Gasteiger partial charge in [-0.2, -0.15) is 0 Å². The normalized spacial score (nSPS) is 12.7. The molecule has 2 aromatic carbocycles. The number of hydrogen-bond donors (Lipinski definition) is 1. The fourth-order valence-electron chi connectivity index (χ4n) is 3.35. The summed E-state index contributed by atoms with van der Waals surface area (Å²) >= 11 is 18.5. The molecule has 192 valence electrons. The molecule has 0 saturated carbocycles. The summed E-state index contributed by atoms with van der Waals surface area (Å²) in [6, 6.07) is 8.73. The van der Waals surface area contributed by atoms with Crippen LogP contribution in [0.1, 0.15) is 38.8 Å². The van der Waals surface area contributed by atoms with Gasteiger partial charge >= 0.3 is 0 Å². The minimum absolute atomic E-state index is 0.0281. The monoisotopic (exact) mass is 561 g/mol. The van der Waals surface area contributed by atoms with Crippen LogP contribution in [0.15, 0.2) is 36.4 Å². The van der Waals surface area contributed by atoms with Gasteiger partial charge < -0.3 is 10.2 Å². The van der Waals surface area contributed by atoms with Gasteiger partial charge in [0, 0.05) is 27.2 Å². The molecular weight excluding hydrogens is 533 g/mol. The van der Waals surface area contributed by atoms with E-state index in [1.807, 2.05) is 20.8 Å². The first-order chi connectivity index (χ1) is 16.0. The second-order valence-electron chi connectivity index (χ2n) is 9.33. The van der Waals surface area contributed by atoms with Crippen LogP contribution in [0.25, 0.3) is 0 Å². The highest BCUT2D eigenvalue weighted by atomic mass is 35.5. The third-order valence-corrected chi connectivity index (χ3v) is 7.33. The topological polar surface area (TPSA) is 86.8 Å². The summed E-state index contributed by atoms with van der Waals surface area (Å²) in [7, 11) is -3.86. The fourth-order valence-corrected chi connectivity index (χ4v) is 4.89. The summed E-state index contributed by atoms with van der Waals surface area (Å²) in [4.78, 5) is 27.9. The quantitative estimate of drug-likeness (QED) is 0.488. The van der Waals surface area contributed by atoms with Gasteiger partial charge in [0.1, 0.15) is 12.6 Å². The molecule has 0 aliphatic carbocycles. The zero-order chi connectivity index (χ0) is 26.7. The lowest BCUT2D eigenvalue weighted by atomic mass is 10.1. The van der Waals surface area contributed by atoms with Crippen molar-refractivity contribution in [3.8, 4) is 0 Å². The molecule has 0 bridgehead atoms. The van der Waals surface area contributed by atoms with Gasteiger partial charge in [-0.1, -0.05) is 46.9 Å². The zero-order valence-corrected chi connectivity index (χ0v) is 23.6. The second kappa shape index (κ2) is 11.4. The van der Waals surface area contributed by atoms with Crippen molar-refractivity contribution in [2.45, 2.75) is 52.7 Å². The molecule has 0 aliphatic heterocycles. The molecule has 0 spiro atoms. The van der Waals surface area contributed by atoms with Crippen LogP contribution in [0, 0.1) is 6.92 Å². The molecule has 0 radical (unpaired) electrons. The van der Waals surface area contributed by atoms with Gasteiger partial charge in [0.05, 0.1) is 11.9 Å². The van der Waals surface area contributed by atoms with Gasteiger partial charge in [0.2, 0.25) is 21.8 Å². The molecule has 7 nitrogen and oxygen atoms in total. The van der Waals surface area contributed by atoms with Crippen molar-refractivity contribution in [1.29, 1.82) is 0 Å². The molecule has 2 aromatic rings. The summed E-state index contributed by atoms with van der Waals surface area (Å²) in [5.74, 6) is -0.974. The Bertz CT molecular complexity index is 1210. The van der Waals surface area contributed by atoms with E-state index in [4.69, 9.17) is 34.8 Å². The molecule has 0 aromatic heterocycles. The van der Waals surface area contributed by atoms with Crippen LogP contribution in [0.5, 0.6) is 0 Å². The fraction of sp³-hybridized carbons (Fsp3) is 0.417. The Morgan fingerprint density at radius 3 is 2.23 bits per heavy atom. The van der Waals surface area contributed by atoms with Crippen molar-refractivity contribution in [3.63, 3.8) is 0 Å². The van der Waals surface area contributed by atoms with Gasteiger partial charge in [0.15, 0.2) is 0 Å². The largest absolute Gasteiger partial charge is 0.350 e. The summed E-state index contributed by atoms with van der Waals surface area (Å²) in [5, 5.41) is 3.98. The molecular formula is C24H30Cl3N3O4S. The number of amides is 2. The summed E-state index contributed by atoms with van der Waals surface area (Å²) < 4.78 is 26.4. The van der Waals surface area contributed by atoms with Crippen molar-refractivity contribution in [2.24, 2.45) is 0 Å². The van der Waals surface area contributed by atoms with Crippen molar-refractivity contribution in [3.05, 3.63) is 62.6 Å². The maximum Gasteiger partial charge on any atom is 0.244 e. The van der Waals surface area contributed by atoms with Crippen molar-refractivity contribution >= 4 is 62.3 Å². The maximum absolute atomic E-state index is 13.6. The Hall–Kier alpha value is -2.00. The van der Waals surface area contributed by atoms with Gasteiger partial charge in [-0.05, 0) is 70.0 Å². The van der Waals surface area contributed by atoms with Crippen LogP contribution >= 0.6 is 34.8 Å². The molecule has 1 N–H and O–H groups in total. The molecule has 0 fully saturated rings. The Kier molecular flexibility index (Phi) is 9.50. The molecule has 2 rings (SSSR count). The van der Waals surface area contributed by atoms with E-state index in [1.165, 1.54) is 4.90 Å². The van der Waals surface area contributed by atoms with Crippen molar-refractivity contribution in [1.82, 2.24) is 10.2 Å². The van der Waals surface area contributed by atoms with Crippen LogP contribution in [0.4, 0.5) is 5.69 Å². The molecule has 0 aliphatic rings. The molecule has 1 atom stereocenters. The number of halogens is 3. The number of nitrogens with zero attached hydrogens (tertiary/aromatic N) is 2. The van der Waals surface area contributed by atoms with Gasteiger partial charge in [-0.15, -0.1) is 0 Å². The first-order valence-corrected chi connectivity index (χ1v) is 13.8. The Morgan fingerprint density at radius 2 is 1.69 bits per heavy atom. The third kappa shape index (κ3) is 8.00. The number of sulfonamides is 1. The van der Waals surface area contributed by atoms with E-state index in [1.54, 1.807) is 50.2 Å². The number of anilines is 1. The molecule has 0 heterocycles. The van der Waals surface area contributed by atoms with E-state index in [9.17, 15) is 18.0 Å². The highest BCUT2D eigenvalue weighted by Gasteiger charge is 2.32. The minimum atomic E-state index is -3.86. The Labute approximate surface area is 222 Å². The standard InChI is InChI=1S/C24H30Cl3N3O4S/c1-15-19(26)8-7-9-21(15)30(35(6,33)34)14-22(31)29(16(2)23(32)28-24(3,4)5)13-17-10-11-18(25)12-20(17)27/h7-12,16H,13-14H2,1-6H3,(H,28,32). The summed E-state index contributed by atoms with van der Waals surface area (Å²) in [5.41, 5.74) is 0.821. The van der Waals surface area contributed by atoms with E-state index in [0.717, 1.165) is 10.6 Å². The lowest BCUT2D eigenvalue weighted by Crippen LogP contribution is -2.54. The number of nitrogens with one attached hydrogen (secondary N) is 1. The lowest BCUT2D eigenvalue weighted by Gasteiger charge is -2.33. The molecule has 35 heavy (non-hydrogen) atoms. The second-order valence-corrected chi connectivity index (χ2v) is 12.5. The predicted octanol–water partition coefficient (Wildman–Crippen LogP) is 5.05. The number of hydrogen-bond acceptors (Lipinski definition) is 4. The van der Waals surface area contributed by atoms with Crippen molar-refractivity contribution in [2.75, 3.05) is 17.1 Å². The van der Waals surface area contributed by atoms with E-state index in [2.05, 4.69) is 5.32 Å². The first-order valence-electron chi connectivity index (χ1n) is 10.8. The number of rotatable bonds is 8. The average molecular weight is 563 g/mol. The predicted molar refractivity (Wildman–Crippen MR) is 143 cm³/mol. The Morgan fingerprint density at radius 1 is 1.06 bits per heavy atom. The lowest BCUT2D eigenvalue weighted by molar-refractivity contribution is -0.140. The van der Waals surface area contributed by atoms with Crippen LogP contribution in [-0.2, 0) is 26.2 Å². The van der Waals surface area contributed by atoms with Crippen LogP contribution in [-0.4, -0.2) is 49.5 Å². The highest BCUT2D eigenvalue weighted by Crippen LogP contribution is 2.29.